The fourth-order valence-electron chi connectivity index (χ4n) is 2.95. The molecule has 0 N–H and O–H groups in total. The normalized spacial score (nSPS) is 10.6. The molecule has 0 saturated carbocycles. The van der Waals surface area contributed by atoms with Gasteiger partial charge < -0.3 is 4.74 Å². The third-order valence-corrected chi connectivity index (χ3v) is 4.39. The highest BCUT2D eigenvalue weighted by molar-refractivity contribution is 5.81. The summed E-state index contributed by atoms with van der Waals surface area (Å²) >= 11 is 0. The molecular formula is C21H18FNO3. The Morgan fingerprint density at radius 3 is 2.42 bits per heavy atom. The van der Waals surface area contributed by atoms with Crippen LogP contribution in [0.4, 0.5) is 10.1 Å². The Hall–Kier alpha value is -3.21. The molecule has 0 spiro atoms. The molecule has 3 rings (SSSR count). The van der Waals surface area contributed by atoms with E-state index in [9.17, 15) is 14.5 Å². The van der Waals surface area contributed by atoms with E-state index in [2.05, 4.69) is 0 Å². The van der Waals surface area contributed by atoms with Crippen LogP contribution in [0.1, 0.15) is 11.1 Å². The van der Waals surface area contributed by atoms with Crippen LogP contribution in [-0.4, -0.2) is 12.0 Å². The molecule has 132 valence electrons. The van der Waals surface area contributed by atoms with Crippen LogP contribution < -0.4 is 4.74 Å². The molecule has 0 amide bonds. The lowest BCUT2D eigenvalue weighted by Gasteiger charge is -2.12. The highest BCUT2D eigenvalue weighted by atomic mass is 19.1. The third-order valence-electron chi connectivity index (χ3n) is 4.39. The van der Waals surface area contributed by atoms with Crippen molar-refractivity contribution in [2.24, 2.45) is 0 Å². The summed E-state index contributed by atoms with van der Waals surface area (Å²) in [7, 11) is 1.57. The molecule has 0 atom stereocenters. The summed E-state index contributed by atoms with van der Waals surface area (Å²) in [5.74, 6) is 0.252. The fraction of sp³-hybridized carbons (Fsp3) is 0.143. The molecule has 0 fully saturated rings. The van der Waals surface area contributed by atoms with Crippen molar-refractivity contribution < 1.29 is 14.1 Å². The number of halogens is 1. The van der Waals surface area contributed by atoms with Crippen molar-refractivity contribution in [3.8, 4) is 28.0 Å². The first-order valence-corrected chi connectivity index (χ1v) is 8.10. The Bertz CT molecular complexity index is 999. The van der Waals surface area contributed by atoms with E-state index >= 15 is 0 Å². The maximum absolute atomic E-state index is 14.6. The van der Waals surface area contributed by atoms with E-state index in [1.54, 1.807) is 44.4 Å². The number of benzene rings is 3. The maximum atomic E-state index is 14.6. The minimum Gasteiger partial charge on any atom is -0.497 e. The quantitative estimate of drug-likeness (QED) is 0.448. The molecule has 0 heterocycles. The minimum atomic E-state index is -0.440. The molecule has 0 bridgehead atoms. The predicted molar refractivity (Wildman–Crippen MR) is 100.0 cm³/mol. The van der Waals surface area contributed by atoms with Crippen molar-refractivity contribution in [3.63, 3.8) is 0 Å². The van der Waals surface area contributed by atoms with E-state index in [0.29, 0.717) is 28.0 Å². The van der Waals surface area contributed by atoms with E-state index in [1.807, 2.05) is 19.1 Å². The van der Waals surface area contributed by atoms with Gasteiger partial charge in [-0.05, 0) is 66.4 Å². The first-order chi connectivity index (χ1) is 12.4. The van der Waals surface area contributed by atoms with Gasteiger partial charge in [0.25, 0.3) is 5.69 Å². The highest BCUT2D eigenvalue weighted by Crippen LogP contribution is 2.37. The number of nitro benzene ring substituents is 1. The monoisotopic (exact) mass is 351 g/mol. The molecule has 0 radical (unpaired) electrons. The average Bonchev–Trinajstić information content (AvgIpc) is 2.63. The van der Waals surface area contributed by atoms with E-state index in [-0.39, 0.29) is 5.69 Å². The molecule has 0 aliphatic rings. The van der Waals surface area contributed by atoms with Gasteiger partial charge in [-0.15, -0.1) is 0 Å². The number of aryl methyl sites for hydroxylation is 1. The first-order valence-electron chi connectivity index (χ1n) is 8.10. The fourth-order valence-corrected chi connectivity index (χ4v) is 2.95. The Kier molecular flexibility index (Phi) is 4.71. The van der Waals surface area contributed by atoms with Crippen molar-refractivity contribution in [3.05, 3.63) is 81.7 Å². The number of nitrogens with zero attached hydrogens (tertiary/aromatic N) is 1. The largest absolute Gasteiger partial charge is 0.497 e. The smallest absolute Gasteiger partial charge is 0.277 e. The molecule has 0 aromatic heterocycles. The van der Waals surface area contributed by atoms with Gasteiger partial charge in [0, 0.05) is 6.07 Å². The molecule has 26 heavy (non-hydrogen) atoms. The summed E-state index contributed by atoms with van der Waals surface area (Å²) in [4.78, 5) is 11.0. The molecule has 0 aliphatic carbocycles. The summed E-state index contributed by atoms with van der Waals surface area (Å²) in [6, 6.07) is 15.4. The Morgan fingerprint density at radius 1 is 0.962 bits per heavy atom. The minimum absolute atomic E-state index is 0.0408. The lowest BCUT2D eigenvalue weighted by Crippen LogP contribution is -1.97. The number of methoxy groups -OCH3 is 1. The number of hydrogen-bond donors (Lipinski definition) is 0. The van der Waals surface area contributed by atoms with Crippen LogP contribution in [0.2, 0.25) is 0 Å². The zero-order valence-electron chi connectivity index (χ0n) is 14.7. The summed E-state index contributed by atoms with van der Waals surface area (Å²) < 4.78 is 19.9. The molecule has 0 aliphatic heterocycles. The zero-order valence-corrected chi connectivity index (χ0v) is 14.7. The zero-order chi connectivity index (χ0) is 18.8. The number of rotatable bonds is 4. The molecule has 0 saturated heterocycles. The molecule has 4 nitrogen and oxygen atoms in total. The molecule has 0 unspecified atom stereocenters. The summed E-state index contributed by atoms with van der Waals surface area (Å²) in [5, 5.41) is 11.4. The van der Waals surface area contributed by atoms with Gasteiger partial charge in [0.1, 0.15) is 11.6 Å². The van der Waals surface area contributed by atoms with Gasteiger partial charge in [0.15, 0.2) is 0 Å². The molecule has 5 heteroatoms. The van der Waals surface area contributed by atoms with E-state index in [4.69, 9.17) is 4.74 Å². The maximum Gasteiger partial charge on any atom is 0.277 e. The van der Waals surface area contributed by atoms with Gasteiger partial charge in [-0.2, -0.15) is 0 Å². The molecule has 3 aromatic carbocycles. The van der Waals surface area contributed by atoms with Crippen molar-refractivity contribution in [2.45, 2.75) is 13.8 Å². The second kappa shape index (κ2) is 6.96. The summed E-state index contributed by atoms with van der Waals surface area (Å²) in [6.45, 7) is 3.48. The predicted octanol–water partition coefficient (Wildman–Crippen LogP) is 5.69. The van der Waals surface area contributed by atoms with Crippen molar-refractivity contribution in [1.82, 2.24) is 0 Å². The lowest BCUT2D eigenvalue weighted by molar-refractivity contribution is -0.384. The van der Waals surface area contributed by atoms with E-state index in [1.165, 1.54) is 12.1 Å². The molecule has 3 aromatic rings. The first kappa shape index (κ1) is 17.6. The van der Waals surface area contributed by atoms with E-state index < -0.39 is 10.7 Å². The Balaban J connectivity index is 2.25. The van der Waals surface area contributed by atoms with Crippen molar-refractivity contribution in [1.29, 1.82) is 0 Å². The Morgan fingerprint density at radius 2 is 1.73 bits per heavy atom. The topological polar surface area (TPSA) is 52.4 Å². The van der Waals surface area contributed by atoms with E-state index in [0.717, 1.165) is 11.1 Å². The second-order valence-corrected chi connectivity index (χ2v) is 6.14. The summed E-state index contributed by atoms with van der Waals surface area (Å²) in [5.41, 5.74) is 3.55. The second-order valence-electron chi connectivity index (χ2n) is 6.14. The van der Waals surface area contributed by atoms with Crippen LogP contribution in [0.5, 0.6) is 5.75 Å². The molecular weight excluding hydrogens is 333 g/mol. The van der Waals surface area contributed by atoms with Crippen LogP contribution in [-0.2, 0) is 0 Å². The van der Waals surface area contributed by atoms with Gasteiger partial charge in [-0.1, -0.05) is 23.8 Å². The van der Waals surface area contributed by atoms with Crippen molar-refractivity contribution >= 4 is 5.69 Å². The van der Waals surface area contributed by atoms with Gasteiger partial charge in [0.05, 0.1) is 17.6 Å². The van der Waals surface area contributed by atoms with Crippen LogP contribution in [0.15, 0.2) is 54.6 Å². The average molecular weight is 351 g/mol. The number of hydrogen-bond acceptors (Lipinski definition) is 3. The highest BCUT2D eigenvalue weighted by Gasteiger charge is 2.19. The van der Waals surface area contributed by atoms with Gasteiger partial charge in [0.2, 0.25) is 0 Å². The van der Waals surface area contributed by atoms with Crippen LogP contribution in [0.25, 0.3) is 22.3 Å². The van der Waals surface area contributed by atoms with Crippen LogP contribution in [0, 0.1) is 29.8 Å². The van der Waals surface area contributed by atoms with Gasteiger partial charge in [-0.25, -0.2) is 4.39 Å². The van der Waals surface area contributed by atoms with Crippen LogP contribution in [0.3, 0.4) is 0 Å². The SMILES string of the molecule is COc1cccc(-c2cc(F)c(C)c(-c3cc(C)ccc3[N+](=O)[O-])c2)c1. The number of nitro groups is 1. The van der Waals surface area contributed by atoms with Gasteiger partial charge in [-0.3, -0.25) is 10.1 Å². The standard InChI is InChI=1S/C21H18FNO3/c1-13-7-8-21(23(24)25)19(9-13)18-11-16(12-20(22)14(18)2)15-5-4-6-17(10-15)26-3/h4-12H,1-3H3. The Labute approximate surface area is 151 Å². The van der Waals surface area contributed by atoms with Gasteiger partial charge >= 0.3 is 0 Å². The third kappa shape index (κ3) is 3.28. The van der Waals surface area contributed by atoms with Crippen LogP contribution >= 0.6 is 0 Å². The van der Waals surface area contributed by atoms with Crippen molar-refractivity contribution in [2.75, 3.05) is 7.11 Å². The summed E-state index contributed by atoms with van der Waals surface area (Å²) in [6.07, 6.45) is 0. The lowest BCUT2D eigenvalue weighted by atomic mass is 9.93. The number of ether oxygens (including phenoxy) is 1.